The van der Waals surface area contributed by atoms with Gasteiger partial charge in [-0.05, 0) is 18.9 Å². The predicted molar refractivity (Wildman–Crippen MR) is 76.9 cm³/mol. The molecule has 0 radical (unpaired) electrons. The minimum Gasteiger partial charge on any atom is -0.377 e. The molecule has 1 aromatic rings. The zero-order valence-electron chi connectivity index (χ0n) is 11.6. The van der Waals surface area contributed by atoms with Crippen LogP contribution >= 0.6 is 0 Å². The van der Waals surface area contributed by atoms with E-state index in [4.69, 9.17) is 5.73 Å². The first-order valence-corrected chi connectivity index (χ1v) is 6.34. The normalized spacial score (nSPS) is 11.1. The van der Waals surface area contributed by atoms with Gasteiger partial charge in [-0.3, -0.25) is 0 Å². The average molecular weight is 234 g/mol. The van der Waals surface area contributed by atoms with Crippen LogP contribution in [-0.4, -0.2) is 24.5 Å². The first-order chi connectivity index (χ1) is 8.15. The summed E-state index contributed by atoms with van der Waals surface area (Å²) < 4.78 is 0. The van der Waals surface area contributed by atoms with Crippen molar-refractivity contribution in [1.29, 1.82) is 0 Å². The Bertz CT molecular complexity index is 306. The van der Waals surface area contributed by atoms with Crippen LogP contribution in [0.5, 0.6) is 0 Å². The van der Waals surface area contributed by atoms with Crippen LogP contribution in [0.2, 0.25) is 0 Å². The molecule has 0 saturated heterocycles. The van der Waals surface area contributed by atoms with Gasteiger partial charge in [-0.2, -0.15) is 0 Å². The van der Waals surface area contributed by atoms with Gasteiger partial charge in [-0.15, -0.1) is 0 Å². The molecule has 2 nitrogen and oxygen atoms in total. The fourth-order valence-corrected chi connectivity index (χ4v) is 1.47. The molecule has 0 spiro atoms. The molecular formula is C15H26N2. The monoisotopic (exact) mass is 234 g/mol. The third kappa shape index (κ3) is 5.55. The van der Waals surface area contributed by atoms with Crippen LogP contribution in [0.3, 0.4) is 0 Å². The second kappa shape index (κ2) is 8.82. The van der Waals surface area contributed by atoms with E-state index in [1.54, 1.807) is 0 Å². The fourth-order valence-electron chi connectivity index (χ4n) is 1.47. The number of likely N-dealkylation sites (N-methyl/N-ethyl adjacent to an activating group) is 1. The molecule has 1 unspecified atom stereocenters. The lowest BCUT2D eigenvalue weighted by molar-refractivity contribution is 0.406. The van der Waals surface area contributed by atoms with Crippen LogP contribution in [0.4, 0.5) is 0 Å². The summed E-state index contributed by atoms with van der Waals surface area (Å²) >= 11 is 0. The molecule has 0 aliphatic heterocycles. The molecule has 1 atom stereocenters. The Morgan fingerprint density at radius 3 is 2.29 bits per heavy atom. The number of hydrogen-bond donors (Lipinski definition) is 1. The standard InChI is InChI=1S/C13H20N2.C2H6/c1-4-15(3)11(2)13(14)10-12-8-6-5-7-9-12;1-2/h5-9,13H,2,4,10,14H2,1,3H3;1-2H3. The summed E-state index contributed by atoms with van der Waals surface area (Å²) in [6.45, 7) is 11.1. The van der Waals surface area contributed by atoms with Crippen LogP contribution in [0.15, 0.2) is 42.6 Å². The Hall–Kier alpha value is -1.28. The van der Waals surface area contributed by atoms with Crippen molar-refractivity contribution >= 4 is 0 Å². The minimum absolute atomic E-state index is 0.0114. The maximum absolute atomic E-state index is 6.08. The molecular weight excluding hydrogens is 208 g/mol. The lowest BCUT2D eigenvalue weighted by Crippen LogP contribution is -2.33. The van der Waals surface area contributed by atoms with Crippen molar-refractivity contribution in [3.05, 3.63) is 48.2 Å². The third-order valence-corrected chi connectivity index (χ3v) is 2.69. The summed E-state index contributed by atoms with van der Waals surface area (Å²) in [5, 5.41) is 0. The molecule has 0 heterocycles. The van der Waals surface area contributed by atoms with Crippen LogP contribution in [0, 0.1) is 0 Å². The van der Waals surface area contributed by atoms with Crippen molar-refractivity contribution in [2.45, 2.75) is 33.2 Å². The Morgan fingerprint density at radius 2 is 1.82 bits per heavy atom. The van der Waals surface area contributed by atoms with Crippen LogP contribution in [0.25, 0.3) is 0 Å². The highest BCUT2D eigenvalue weighted by Gasteiger charge is 2.10. The molecule has 0 saturated carbocycles. The second-order valence-electron chi connectivity index (χ2n) is 3.80. The quantitative estimate of drug-likeness (QED) is 0.848. The summed E-state index contributed by atoms with van der Waals surface area (Å²) in [5.41, 5.74) is 8.35. The zero-order chi connectivity index (χ0) is 13.3. The maximum atomic E-state index is 6.08. The van der Waals surface area contributed by atoms with Gasteiger partial charge in [0.25, 0.3) is 0 Å². The van der Waals surface area contributed by atoms with E-state index in [0.29, 0.717) is 0 Å². The summed E-state index contributed by atoms with van der Waals surface area (Å²) in [6, 6.07) is 10.3. The molecule has 2 N–H and O–H groups in total. The van der Waals surface area contributed by atoms with Crippen LogP contribution in [0.1, 0.15) is 26.3 Å². The molecule has 0 aliphatic carbocycles. The third-order valence-electron chi connectivity index (χ3n) is 2.69. The van der Waals surface area contributed by atoms with Crippen molar-refractivity contribution in [3.63, 3.8) is 0 Å². The molecule has 2 heteroatoms. The van der Waals surface area contributed by atoms with Gasteiger partial charge >= 0.3 is 0 Å². The Labute approximate surface area is 106 Å². The smallest absolute Gasteiger partial charge is 0.0481 e. The van der Waals surface area contributed by atoms with Crippen molar-refractivity contribution in [2.24, 2.45) is 5.73 Å². The maximum Gasteiger partial charge on any atom is 0.0481 e. The minimum atomic E-state index is 0.0114. The number of benzene rings is 1. The van der Waals surface area contributed by atoms with Gasteiger partial charge in [0, 0.05) is 25.3 Å². The van der Waals surface area contributed by atoms with E-state index in [9.17, 15) is 0 Å². The molecule has 1 aromatic carbocycles. The van der Waals surface area contributed by atoms with Gasteiger partial charge in [0.05, 0.1) is 0 Å². The highest BCUT2D eigenvalue weighted by Crippen LogP contribution is 2.09. The number of nitrogens with two attached hydrogens (primary N) is 1. The molecule has 0 amide bonds. The number of nitrogens with zero attached hydrogens (tertiary/aromatic N) is 1. The van der Waals surface area contributed by atoms with E-state index in [-0.39, 0.29) is 6.04 Å². The van der Waals surface area contributed by atoms with Crippen molar-refractivity contribution < 1.29 is 0 Å². The van der Waals surface area contributed by atoms with Crippen LogP contribution in [-0.2, 0) is 6.42 Å². The van der Waals surface area contributed by atoms with Gasteiger partial charge in [0.1, 0.15) is 0 Å². The Morgan fingerprint density at radius 1 is 1.29 bits per heavy atom. The van der Waals surface area contributed by atoms with Crippen LogP contribution < -0.4 is 5.73 Å². The predicted octanol–water partition coefficient (Wildman–Crippen LogP) is 3.05. The lowest BCUT2D eigenvalue weighted by atomic mass is 10.0. The Kier molecular flexibility index (Phi) is 8.16. The fraction of sp³-hybridized carbons (Fsp3) is 0.467. The van der Waals surface area contributed by atoms with E-state index in [2.05, 4.69) is 30.5 Å². The molecule has 17 heavy (non-hydrogen) atoms. The van der Waals surface area contributed by atoms with Gasteiger partial charge in [-0.25, -0.2) is 0 Å². The largest absolute Gasteiger partial charge is 0.377 e. The molecule has 0 aromatic heterocycles. The van der Waals surface area contributed by atoms with E-state index >= 15 is 0 Å². The topological polar surface area (TPSA) is 29.3 Å². The van der Waals surface area contributed by atoms with Crippen molar-refractivity contribution in [2.75, 3.05) is 13.6 Å². The lowest BCUT2D eigenvalue weighted by Gasteiger charge is -2.24. The molecule has 0 bridgehead atoms. The number of hydrogen-bond acceptors (Lipinski definition) is 2. The van der Waals surface area contributed by atoms with Gasteiger partial charge in [0.2, 0.25) is 0 Å². The Balaban J connectivity index is 0.00000121. The van der Waals surface area contributed by atoms with E-state index in [1.807, 2.05) is 39.1 Å². The summed E-state index contributed by atoms with van der Waals surface area (Å²) in [6.07, 6.45) is 0.851. The van der Waals surface area contributed by atoms with E-state index in [0.717, 1.165) is 18.7 Å². The van der Waals surface area contributed by atoms with Gasteiger partial charge in [-0.1, -0.05) is 50.8 Å². The second-order valence-corrected chi connectivity index (χ2v) is 3.80. The van der Waals surface area contributed by atoms with E-state index in [1.165, 1.54) is 5.56 Å². The summed E-state index contributed by atoms with van der Waals surface area (Å²) in [4.78, 5) is 2.09. The number of rotatable bonds is 5. The van der Waals surface area contributed by atoms with Crippen molar-refractivity contribution in [3.8, 4) is 0 Å². The SMILES string of the molecule is C=C(C(N)Cc1ccccc1)N(C)CC.CC. The highest BCUT2D eigenvalue weighted by molar-refractivity contribution is 5.18. The molecule has 0 fully saturated rings. The first kappa shape index (κ1) is 15.7. The summed E-state index contributed by atoms with van der Waals surface area (Å²) in [7, 11) is 2.02. The molecule has 96 valence electrons. The van der Waals surface area contributed by atoms with Gasteiger partial charge < -0.3 is 10.6 Å². The van der Waals surface area contributed by atoms with E-state index < -0.39 is 0 Å². The highest BCUT2D eigenvalue weighted by atomic mass is 15.1. The average Bonchev–Trinajstić information content (AvgIpc) is 2.40. The first-order valence-electron chi connectivity index (χ1n) is 6.34. The molecule has 0 aliphatic rings. The molecule has 1 rings (SSSR count). The zero-order valence-corrected chi connectivity index (χ0v) is 11.6. The van der Waals surface area contributed by atoms with Gasteiger partial charge in [0.15, 0.2) is 0 Å². The van der Waals surface area contributed by atoms with Crippen molar-refractivity contribution in [1.82, 2.24) is 4.90 Å². The summed E-state index contributed by atoms with van der Waals surface area (Å²) in [5.74, 6) is 0.